The molecule has 0 aromatic carbocycles. The van der Waals surface area contributed by atoms with E-state index in [-0.39, 0.29) is 12.5 Å². The van der Waals surface area contributed by atoms with Crippen LogP contribution in [0.3, 0.4) is 0 Å². The van der Waals surface area contributed by atoms with E-state index in [4.69, 9.17) is 4.74 Å². The van der Waals surface area contributed by atoms with Gasteiger partial charge >= 0.3 is 6.18 Å². The summed E-state index contributed by atoms with van der Waals surface area (Å²) in [6, 6.07) is 6.73. The van der Waals surface area contributed by atoms with Gasteiger partial charge in [-0.1, -0.05) is 0 Å². The monoisotopic (exact) mass is 427 g/mol. The van der Waals surface area contributed by atoms with Gasteiger partial charge in [-0.05, 0) is 36.4 Å². The summed E-state index contributed by atoms with van der Waals surface area (Å²) in [4.78, 5) is 10.3. The molecule has 1 aliphatic heterocycles. The molecule has 0 unspecified atom stereocenters. The van der Waals surface area contributed by atoms with Crippen molar-refractivity contribution >= 4 is 22.3 Å². The largest absolute Gasteiger partial charge is 0.476 e. The Morgan fingerprint density at radius 1 is 1.31 bits per heavy atom. The molecule has 0 spiro atoms. The number of nitrogens with zero attached hydrogens (tertiary/aromatic N) is 3. The quantitative estimate of drug-likeness (QED) is 0.421. The fourth-order valence-corrected chi connectivity index (χ4v) is 3.83. The standard InChI is InChI=1S/C19H24F3N5OS/c1-23-18(26-15-6-9-27(10-7-15)17-3-2-12-29-17)24-8-11-28-16-5-4-14(13-25-16)19(20,21)22/h2-5,12-13,15H,6-11H2,1H3,(H2,23,24,26). The van der Waals surface area contributed by atoms with E-state index in [1.54, 1.807) is 18.4 Å². The van der Waals surface area contributed by atoms with Gasteiger partial charge in [0.2, 0.25) is 5.88 Å². The Bertz CT molecular complexity index is 772. The van der Waals surface area contributed by atoms with Crippen molar-refractivity contribution in [3.63, 3.8) is 0 Å². The van der Waals surface area contributed by atoms with Crippen molar-refractivity contribution < 1.29 is 17.9 Å². The van der Waals surface area contributed by atoms with E-state index in [1.165, 1.54) is 11.1 Å². The second kappa shape index (κ2) is 9.82. The minimum atomic E-state index is -4.40. The normalized spacial score (nSPS) is 16.0. The maximum atomic E-state index is 12.5. The first kappa shape index (κ1) is 21.2. The average molecular weight is 427 g/mol. The van der Waals surface area contributed by atoms with Gasteiger partial charge in [0.05, 0.1) is 17.1 Å². The molecule has 3 rings (SSSR count). The predicted molar refractivity (Wildman–Crippen MR) is 109 cm³/mol. The maximum absolute atomic E-state index is 12.5. The SMILES string of the molecule is CN=C(NCCOc1ccc(C(F)(F)F)cn1)NC1CCN(c2cccs2)CC1. The second-order valence-corrected chi connectivity index (χ2v) is 7.51. The number of piperidine rings is 1. The van der Waals surface area contributed by atoms with Gasteiger partial charge in [-0.25, -0.2) is 4.98 Å². The van der Waals surface area contributed by atoms with Crippen molar-refractivity contribution in [2.45, 2.75) is 25.1 Å². The highest BCUT2D eigenvalue weighted by Gasteiger charge is 2.30. The summed E-state index contributed by atoms with van der Waals surface area (Å²) in [5, 5.41) is 9.97. The van der Waals surface area contributed by atoms with Crippen LogP contribution >= 0.6 is 11.3 Å². The highest BCUT2D eigenvalue weighted by molar-refractivity contribution is 7.14. The second-order valence-electron chi connectivity index (χ2n) is 6.59. The number of hydrogen-bond acceptors (Lipinski definition) is 5. The van der Waals surface area contributed by atoms with E-state index < -0.39 is 11.7 Å². The fourth-order valence-electron chi connectivity index (χ4n) is 3.04. The van der Waals surface area contributed by atoms with Gasteiger partial charge in [-0.2, -0.15) is 13.2 Å². The summed E-state index contributed by atoms with van der Waals surface area (Å²) >= 11 is 1.76. The van der Waals surface area contributed by atoms with Crippen molar-refractivity contribution in [2.24, 2.45) is 4.99 Å². The van der Waals surface area contributed by atoms with Crippen LogP contribution < -0.4 is 20.3 Å². The summed E-state index contributed by atoms with van der Waals surface area (Å²) in [6.45, 7) is 2.71. The molecule has 0 bridgehead atoms. The molecule has 2 N–H and O–H groups in total. The first-order chi connectivity index (χ1) is 14.0. The number of guanidine groups is 1. The molecular weight excluding hydrogens is 403 g/mol. The number of halogens is 3. The van der Waals surface area contributed by atoms with Crippen LogP contribution in [0.5, 0.6) is 5.88 Å². The molecule has 0 atom stereocenters. The number of hydrogen-bond donors (Lipinski definition) is 2. The predicted octanol–water partition coefficient (Wildman–Crippen LogP) is 3.37. The van der Waals surface area contributed by atoms with E-state index in [9.17, 15) is 13.2 Å². The van der Waals surface area contributed by atoms with Crippen LogP contribution in [0.2, 0.25) is 0 Å². The number of alkyl halides is 3. The zero-order valence-corrected chi connectivity index (χ0v) is 16.9. The molecular formula is C19H24F3N5OS. The van der Waals surface area contributed by atoms with Crippen molar-refractivity contribution in [3.8, 4) is 5.88 Å². The van der Waals surface area contributed by atoms with E-state index in [2.05, 4.69) is 43.0 Å². The Labute approximate surface area is 171 Å². The fraction of sp³-hybridized carbons (Fsp3) is 0.474. The van der Waals surface area contributed by atoms with Crippen LogP contribution in [0.1, 0.15) is 18.4 Å². The molecule has 10 heteroatoms. The molecule has 1 aliphatic rings. The molecule has 1 fully saturated rings. The molecule has 0 aliphatic carbocycles. The summed E-state index contributed by atoms with van der Waals surface area (Å²) in [5.41, 5.74) is -0.794. The molecule has 6 nitrogen and oxygen atoms in total. The zero-order valence-electron chi connectivity index (χ0n) is 16.1. The third-order valence-electron chi connectivity index (χ3n) is 4.59. The highest BCUT2D eigenvalue weighted by atomic mass is 32.1. The van der Waals surface area contributed by atoms with Crippen molar-refractivity contribution in [1.82, 2.24) is 15.6 Å². The summed E-state index contributed by atoms with van der Waals surface area (Å²) in [6.07, 6.45) is -1.59. The van der Waals surface area contributed by atoms with Gasteiger partial charge in [-0.3, -0.25) is 4.99 Å². The van der Waals surface area contributed by atoms with Gasteiger partial charge in [0.15, 0.2) is 5.96 Å². The number of pyridine rings is 1. The Morgan fingerprint density at radius 3 is 2.69 bits per heavy atom. The number of aromatic nitrogens is 1. The Morgan fingerprint density at radius 2 is 2.10 bits per heavy atom. The molecule has 1 saturated heterocycles. The lowest BCUT2D eigenvalue weighted by molar-refractivity contribution is -0.137. The Kier molecular flexibility index (Phi) is 7.18. The van der Waals surface area contributed by atoms with E-state index in [0.717, 1.165) is 38.2 Å². The van der Waals surface area contributed by atoms with E-state index in [1.807, 2.05) is 0 Å². The van der Waals surface area contributed by atoms with Gasteiger partial charge in [0.25, 0.3) is 0 Å². The third kappa shape index (κ3) is 6.25. The maximum Gasteiger partial charge on any atom is 0.417 e. The smallest absolute Gasteiger partial charge is 0.417 e. The summed E-state index contributed by atoms with van der Waals surface area (Å²) < 4.78 is 43.0. The number of aliphatic imine (C=N–C) groups is 1. The number of thiophene rings is 1. The number of ether oxygens (including phenoxy) is 1. The highest BCUT2D eigenvalue weighted by Crippen LogP contribution is 2.29. The summed E-state index contributed by atoms with van der Waals surface area (Å²) in [7, 11) is 1.70. The minimum Gasteiger partial charge on any atom is -0.476 e. The topological polar surface area (TPSA) is 61.8 Å². The van der Waals surface area contributed by atoms with Crippen LogP contribution in [0.25, 0.3) is 0 Å². The van der Waals surface area contributed by atoms with Crippen molar-refractivity contribution in [1.29, 1.82) is 0 Å². The lowest BCUT2D eigenvalue weighted by Gasteiger charge is -2.33. The third-order valence-corrected chi connectivity index (χ3v) is 5.51. The molecule has 3 heterocycles. The van der Waals surface area contributed by atoms with Crippen LogP contribution in [0.4, 0.5) is 18.2 Å². The number of nitrogens with one attached hydrogen (secondary N) is 2. The minimum absolute atomic E-state index is 0.156. The van der Waals surface area contributed by atoms with E-state index >= 15 is 0 Å². The van der Waals surface area contributed by atoms with Crippen molar-refractivity contribution in [3.05, 3.63) is 41.4 Å². The Balaban J connectivity index is 1.35. The summed E-state index contributed by atoms with van der Waals surface area (Å²) in [5.74, 6) is 0.840. The lowest BCUT2D eigenvalue weighted by Crippen LogP contribution is -2.49. The lowest BCUT2D eigenvalue weighted by atomic mass is 10.1. The molecule has 0 amide bonds. The van der Waals surface area contributed by atoms with Crippen LogP contribution in [0.15, 0.2) is 40.8 Å². The van der Waals surface area contributed by atoms with E-state index in [0.29, 0.717) is 18.5 Å². The molecule has 2 aromatic rings. The molecule has 158 valence electrons. The van der Waals surface area contributed by atoms with Gasteiger partial charge in [0, 0.05) is 38.4 Å². The Hall–Kier alpha value is -2.49. The molecule has 0 saturated carbocycles. The molecule has 0 radical (unpaired) electrons. The first-order valence-electron chi connectivity index (χ1n) is 9.37. The number of anilines is 1. The van der Waals surface area contributed by atoms with Crippen LogP contribution in [0, 0.1) is 0 Å². The molecule has 29 heavy (non-hydrogen) atoms. The molecule has 2 aromatic heterocycles. The average Bonchev–Trinajstić information content (AvgIpc) is 3.25. The van der Waals surface area contributed by atoms with Gasteiger partial charge in [0.1, 0.15) is 6.61 Å². The number of rotatable bonds is 6. The zero-order chi connectivity index (χ0) is 20.7. The first-order valence-corrected chi connectivity index (χ1v) is 10.3. The van der Waals surface area contributed by atoms with Crippen molar-refractivity contribution in [2.75, 3.05) is 38.2 Å². The van der Waals surface area contributed by atoms with Gasteiger partial charge < -0.3 is 20.3 Å². The van der Waals surface area contributed by atoms with Crippen LogP contribution in [-0.2, 0) is 6.18 Å². The van der Waals surface area contributed by atoms with Gasteiger partial charge in [-0.15, -0.1) is 11.3 Å². The van der Waals surface area contributed by atoms with Crippen LogP contribution in [-0.4, -0.2) is 50.3 Å².